The molecule has 0 unspecified atom stereocenters. The van der Waals surface area contributed by atoms with E-state index in [4.69, 9.17) is 45.4 Å². The summed E-state index contributed by atoms with van der Waals surface area (Å²) in [5.41, 5.74) is 6.44. The van der Waals surface area contributed by atoms with Gasteiger partial charge in [-0.15, -0.1) is 0 Å². The highest BCUT2D eigenvalue weighted by atomic mass is 31.2. The molecular formula is C15H25N5O15P2. The largest absolute Gasteiger partial charge is 0.470 e. The Labute approximate surface area is 206 Å². The third-order valence-corrected chi connectivity index (χ3v) is 5.76. The molecule has 0 spiro atoms. The average Bonchev–Trinajstić information content (AvgIpc) is 3.36. The van der Waals surface area contributed by atoms with Gasteiger partial charge in [0.2, 0.25) is 0 Å². The second-order valence-corrected chi connectivity index (χ2v) is 9.70. The van der Waals surface area contributed by atoms with Gasteiger partial charge in [-0.25, -0.2) is 24.1 Å². The van der Waals surface area contributed by atoms with Crippen molar-refractivity contribution < 1.29 is 72.8 Å². The lowest BCUT2D eigenvalue weighted by Crippen LogP contribution is -2.43. The van der Waals surface area contributed by atoms with Crippen LogP contribution in [0.4, 0.5) is 5.82 Å². The summed E-state index contributed by atoms with van der Waals surface area (Å²) in [4.78, 5) is 56.4. The van der Waals surface area contributed by atoms with Gasteiger partial charge in [0.25, 0.3) is 0 Å². The van der Waals surface area contributed by atoms with Crippen LogP contribution in [0.3, 0.4) is 0 Å². The Balaban J connectivity index is 0.000000261. The lowest BCUT2D eigenvalue weighted by atomic mass is 10.1. The molecule has 0 radical (unpaired) electrons. The number of hydrogen-bond donors (Lipinski definition) is 10. The lowest BCUT2D eigenvalue weighted by molar-refractivity contribution is -0.125. The first-order valence-electron chi connectivity index (χ1n) is 9.91. The van der Waals surface area contributed by atoms with Gasteiger partial charge < -0.3 is 60.4 Å². The third-order valence-electron chi connectivity index (χ3n) is 4.72. The first-order valence-corrected chi connectivity index (χ1v) is 13.0. The molecule has 1 aliphatic heterocycles. The number of aliphatic hydroxyl groups is 5. The number of aldehydes is 1. The molecule has 11 N–H and O–H groups in total. The summed E-state index contributed by atoms with van der Waals surface area (Å²) in [7, 11) is -10.3. The maximum absolute atomic E-state index is 10.6. The number of hydrogen-bond acceptors (Lipinski definition) is 15. The van der Waals surface area contributed by atoms with Gasteiger partial charge in [0.1, 0.15) is 42.4 Å². The molecule has 20 nitrogen and oxygen atoms in total. The summed E-state index contributed by atoms with van der Waals surface area (Å²) in [5.74, 6) is 0.218. The Morgan fingerprint density at radius 3 is 2.19 bits per heavy atom. The van der Waals surface area contributed by atoms with Crippen LogP contribution in [0.5, 0.6) is 0 Å². The number of ether oxygens (including phenoxy) is 1. The van der Waals surface area contributed by atoms with Gasteiger partial charge in [0.05, 0.1) is 19.5 Å². The van der Waals surface area contributed by atoms with Crippen LogP contribution < -0.4 is 5.73 Å². The Bertz CT molecular complexity index is 1140. The molecule has 3 heterocycles. The second kappa shape index (κ2) is 12.7. The van der Waals surface area contributed by atoms with Gasteiger partial charge in [-0.3, -0.25) is 13.6 Å². The summed E-state index contributed by atoms with van der Waals surface area (Å²) in [6.07, 6.45) is -7.99. The fraction of sp³-hybridized carbons (Fsp3) is 0.600. The van der Waals surface area contributed by atoms with E-state index in [1.54, 1.807) is 0 Å². The number of carbonyl (C=O) groups is 1. The molecule has 22 heteroatoms. The quantitative estimate of drug-likeness (QED) is 0.0939. The van der Waals surface area contributed by atoms with Crippen molar-refractivity contribution in [2.45, 2.75) is 42.9 Å². The number of carbonyl (C=O) groups excluding carboxylic acids is 1. The number of nitrogens with zero attached hydrogens (tertiary/aromatic N) is 4. The zero-order valence-corrected chi connectivity index (χ0v) is 20.2. The standard InChI is InChI=1S/C10H13N5O4.C5H12O11P2/c11-8-5-9(13-2-12-8)15(3-14-5)10-7(18)6(17)4(1-16)19-10;6-1-3(8)5(16-18(12,13)14)4(2-7)15-17(9,10)11/h2-4,6-7,10,16-18H,1H2,(H2,11,12,13);2-6,8H,1H2,(H2,9,10,11)(H2,12,13,14)/t4-,6-,7-,10-;3-,4+,5-/m11/s1. The number of nitrogen functional groups attached to an aromatic ring is 1. The Kier molecular flexibility index (Phi) is 10.7. The van der Waals surface area contributed by atoms with E-state index in [1.807, 2.05) is 0 Å². The number of nitrogens with two attached hydrogens (primary N) is 1. The SMILES string of the molecule is Nc1ncnc2c1ncn2[C@@H]1O[C@H](CO)[C@@H](O)[C@H]1O.O=C[C@H](OP(=O)(O)O)[C@H](OP(=O)(O)O)[C@H](O)CO. The van der Waals surface area contributed by atoms with E-state index >= 15 is 0 Å². The highest BCUT2D eigenvalue weighted by Gasteiger charge is 2.44. The molecular weight excluding hydrogens is 552 g/mol. The molecule has 2 aromatic rings. The van der Waals surface area contributed by atoms with Gasteiger partial charge in [-0.1, -0.05) is 0 Å². The van der Waals surface area contributed by atoms with Gasteiger partial charge in [-0.2, -0.15) is 0 Å². The minimum Gasteiger partial charge on any atom is -0.394 e. The number of imidazole rings is 1. The molecule has 3 rings (SSSR count). The first kappa shape index (κ1) is 31.2. The van der Waals surface area contributed by atoms with Crippen molar-refractivity contribution in [2.24, 2.45) is 0 Å². The number of aromatic nitrogens is 4. The highest BCUT2D eigenvalue weighted by Crippen LogP contribution is 2.43. The van der Waals surface area contributed by atoms with Gasteiger partial charge in [0, 0.05) is 0 Å². The van der Waals surface area contributed by atoms with Crippen molar-refractivity contribution in [3.05, 3.63) is 12.7 Å². The summed E-state index contributed by atoms with van der Waals surface area (Å²) < 4.78 is 35.7. The van der Waals surface area contributed by atoms with Crippen molar-refractivity contribution in [1.82, 2.24) is 19.5 Å². The Hall–Kier alpha value is -2.00. The lowest BCUT2D eigenvalue weighted by Gasteiger charge is -2.26. The summed E-state index contributed by atoms with van der Waals surface area (Å²) in [6, 6.07) is 0. The van der Waals surface area contributed by atoms with E-state index < -0.39 is 71.7 Å². The van der Waals surface area contributed by atoms with E-state index in [0.29, 0.717) is 11.2 Å². The van der Waals surface area contributed by atoms with E-state index in [-0.39, 0.29) is 12.1 Å². The topological polar surface area (TPSA) is 331 Å². The molecule has 1 aliphatic rings. The highest BCUT2D eigenvalue weighted by molar-refractivity contribution is 7.46. The van der Waals surface area contributed by atoms with Crippen molar-refractivity contribution >= 4 is 38.9 Å². The van der Waals surface area contributed by atoms with Gasteiger partial charge in [-0.05, 0) is 0 Å². The number of phosphoric acid groups is 2. The molecule has 0 aromatic carbocycles. The monoisotopic (exact) mass is 577 g/mol. The van der Waals surface area contributed by atoms with Gasteiger partial charge in [0.15, 0.2) is 30.1 Å². The molecule has 0 bridgehead atoms. The molecule has 210 valence electrons. The van der Waals surface area contributed by atoms with E-state index in [0.717, 1.165) is 0 Å². The molecule has 37 heavy (non-hydrogen) atoms. The van der Waals surface area contributed by atoms with Crippen molar-refractivity contribution in [3.63, 3.8) is 0 Å². The van der Waals surface area contributed by atoms with Crippen molar-refractivity contribution in [2.75, 3.05) is 18.9 Å². The fourth-order valence-corrected chi connectivity index (χ4v) is 4.16. The summed E-state index contributed by atoms with van der Waals surface area (Å²) in [5, 5.41) is 46.5. The van der Waals surface area contributed by atoms with Crippen LogP contribution in [-0.2, 0) is 27.7 Å². The minimum atomic E-state index is -5.18. The van der Waals surface area contributed by atoms with Crippen LogP contribution in [0.1, 0.15) is 6.23 Å². The van der Waals surface area contributed by atoms with Crippen LogP contribution in [0.2, 0.25) is 0 Å². The van der Waals surface area contributed by atoms with Crippen molar-refractivity contribution in [3.8, 4) is 0 Å². The Morgan fingerprint density at radius 1 is 1.08 bits per heavy atom. The summed E-state index contributed by atoms with van der Waals surface area (Å²) >= 11 is 0. The number of aliphatic hydroxyl groups excluding tert-OH is 5. The molecule has 0 aliphatic carbocycles. The minimum absolute atomic E-state index is 0.218. The van der Waals surface area contributed by atoms with Crippen LogP contribution in [0.25, 0.3) is 11.2 Å². The molecule has 1 fully saturated rings. The van der Waals surface area contributed by atoms with Crippen LogP contribution in [0, 0.1) is 0 Å². The van der Waals surface area contributed by atoms with E-state index in [1.165, 1.54) is 17.2 Å². The zero-order valence-electron chi connectivity index (χ0n) is 18.4. The maximum atomic E-state index is 10.6. The number of anilines is 1. The molecule has 0 amide bonds. The molecule has 2 aromatic heterocycles. The third kappa shape index (κ3) is 8.24. The summed E-state index contributed by atoms with van der Waals surface area (Å²) in [6.45, 7) is -1.47. The predicted octanol–water partition coefficient (Wildman–Crippen LogP) is -4.49. The fourth-order valence-electron chi connectivity index (χ4n) is 3.10. The molecule has 0 saturated carbocycles. The molecule has 1 saturated heterocycles. The van der Waals surface area contributed by atoms with Crippen LogP contribution in [0.15, 0.2) is 12.7 Å². The average molecular weight is 577 g/mol. The van der Waals surface area contributed by atoms with E-state index in [2.05, 4.69) is 24.0 Å². The van der Waals surface area contributed by atoms with Crippen LogP contribution in [-0.4, -0.2) is 121 Å². The second-order valence-electron chi connectivity index (χ2n) is 7.32. The van der Waals surface area contributed by atoms with Gasteiger partial charge >= 0.3 is 15.6 Å². The maximum Gasteiger partial charge on any atom is 0.470 e. The van der Waals surface area contributed by atoms with Crippen molar-refractivity contribution in [1.29, 1.82) is 0 Å². The molecule has 7 atom stereocenters. The van der Waals surface area contributed by atoms with E-state index in [9.17, 15) is 24.1 Å². The number of fused-ring (bicyclic) bond motifs is 1. The number of rotatable bonds is 10. The van der Waals surface area contributed by atoms with Crippen LogP contribution >= 0.6 is 15.6 Å². The Morgan fingerprint density at radius 2 is 1.70 bits per heavy atom. The smallest absolute Gasteiger partial charge is 0.394 e. The first-order chi connectivity index (χ1) is 17.1. The number of phosphoric ester groups is 2. The zero-order chi connectivity index (χ0) is 28.1. The predicted molar refractivity (Wildman–Crippen MR) is 116 cm³/mol. The normalized spacial score (nSPS) is 24.8.